The fourth-order valence-electron chi connectivity index (χ4n) is 4.71. The molecule has 6 nitrogen and oxygen atoms in total. The Labute approximate surface area is 212 Å². The predicted molar refractivity (Wildman–Crippen MR) is 139 cm³/mol. The minimum Gasteiger partial charge on any atom is -0.497 e. The van der Waals surface area contributed by atoms with E-state index >= 15 is 0 Å². The number of benzene rings is 3. The van der Waals surface area contributed by atoms with Gasteiger partial charge in [0.25, 0.3) is 0 Å². The summed E-state index contributed by atoms with van der Waals surface area (Å²) >= 11 is 0. The van der Waals surface area contributed by atoms with E-state index in [1.807, 2.05) is 42.5 Å². The smallest absolute Gasteiger partial charge is 0.237 e. The van der Waals surface area contributed by atoms with Crippen molar-refractivity contribution < 1.29 is 18.7 Å². The molecule has 190 valence electrons. The van der Waals surface area contributed by atoms with Crippen LogP contribution in [0, 0.1) is 5.82 Å². The van der Waals surface area contributed by atoms with Crippen molar-refractivity contribution in [2.75, 3.05) is 27.3 Å². The van der Waals surface area contributed by atoms with Crippen LogP contribution >= 0.6 is 0 Å². The number of nitrogens with zero attached hydrogens (tertiary/aromatic N) is 1. The van der Waals surface area contributed by atoms with Gasteiger partial charge < -0.3 is 20.1 Å². The van der Waals surface area contributed by atoms with Crippen LogP contribution in [0.15, 0.2) is 72.8 Å². The van der Waals surface area contributed by atoms with Gasteiger partial charge in [-0.2, -0.15) is 0 Å². The summed E-state index contributed by atoms with van der Waals surface area (Å²) in [7, 11) is 3.28. The molecule has 0 radical (unpaired) electrons. The van der Waals surface area contributed by atoms with E-state index < -0.39 is 0 Å². The number of halogens is 1. The van der Waals surface area contributed by atoms with Gasteiger partial charge in [-0.15, -0.1) is 0 Å². The summed E-state index contributed by atoms with van der Waals surface area (Å²) in [5.41, 5.74) is 2.81. The summed E-state index contributed by atoms with van der Waals surface area (Å²) in [4.78, 5) is 15.4. The van der Waals surface area contributed by atoms with Crippen molar-refractivity contribution >= 4 is 5.91 Å². The van der Waals surface area contributed by atoms with Crippen molar-refractivity contribution in [2.45, 2.75) is 38.0 Å². The number of likely N-dealkylation sites (tertiary alicyclic amines) is 1. The first-order valence-corrected chi connectivity index (χ1v) is 12.3. The van der Waals surface area contributed by atoms with Crippen molar-refractivity contribution in [3.8, 4) is 11.5 Å². The van der Waals surface area contributed by atoms with Crippen molar-refractivity contribution in [1.29, 1.82) is 0 Å². The maximum atomic E-state index is 13.9. The number of carbonyl (C=O) groups excluding carboxylic acids is 1. The molecule has 36 heavy (non-hydrogen) atoms. The van der Waals surface area contributed by atoms with E-state index in [2.05, 4.69) is 27.7 Å². The monoisotopic (exact) mass is 491 g/mol. The molecule has 2 atom stereocenters. The Kier molecular flexibility index (Phi) is 8.92. The van der Waals surface area contributed by atoms with Crippen LogP contribution in [0.2, 0.25) is 0 Å². The molecular weight excluding hydrogens is 457 g/mol. The van der Waals surface area contributed by atoms with Gasteiger partial charge in [0.05, 0.1) is 20.3 Å². The van der Waals surface area contributed by atoms with E-state index in [0.29, 0.717) is 38.0 Å². The summed E-state index contributed by atoms with van der Waals surface area (Å²) < 4.78 is 24.8. The summed E-state index contributed by atoms with van der Waals surface area (Å²) in [5, 5.41) is 6.64. The van der Waals surface area contributed by atoms with E-state index in [9.17, 15) is 9.18 Å². The molecule has 0 saturated carbocycles. The summed E-state index contributed by atoms with van der Waals surface area (Å²) in [6.45, 7) is 2.46. The number of nitrogens with one attached hydrogen (secondary N) is 2. The van der Waals surface area contributed by atoms with E-state index in [1.165, 1.54) is 11.6 Å². The lowest BCUT2D eigenvalue weighted by atomic mass is 10.1. The first-order valence-electron chi connectivity index (χ1n) is 12.3. The fourth-order valence-corrected chi connectivity index (χ4v) is 4.71. The highest BCUT2D eigenvalue weighted by atomic mass is 19.1. The van der Waals surface area contributed by atoms with Gasteiger partial charge in [-0.3, -0.25) is 9.69 Å². The molecule has 7 heteroatoms. The largest absolute Gasteiger partial charge is 0.497 e. The summed E-state index contributed by atoms with van der Waals surface area (Å²) in [6, 6.07) is 22.5. The van der Waals surface area contributed by atoms with Crippen LogP contribution in [0.5, 0.6) is 11.5 Å². The molecule has 0 aliphatic carbocycles. The lowest BCUT2D eigenvalue weighted by Gasteiger charge is -2.23. The van der Waals surface area contributed by atoms with E-state index in [0.717, 1.165) is 23.6 Å². The van der Waals surface area contributed by atoms with Crippen molar-refractivity contribution in [2.24, 2.45) is 0 Å². The SMILES string of the molecule is COc1ccc(CN[C@H]2C[C@@H](C(=O)NCCc3ccccc3F)N(Cc3ccccc3)C2)c(OC)c1. The van der Waals surface area contributed by atoms with E-state index in [-0.39, 0.29) is 23.8 Å². The number of rotatable bonds is 11. The Bertz CT molecular complexity index is 1140. The number of ether oxygens (including phenoxy) is 2. The molecule has 0 aromatic heterocycles. The van der Waals surface area contributed by atoms with Crippen molar-refractivity contribution in [1.82, 2.24) is 15.5 Å². The van der Waals surface area contributed by atoms with Gasteiger partial charge in [0.1, 0.15) is 17.3 Å². The molecule has 4 rings (SSSR count). The highest BCUT2D eigenvalue weighted by molar-refractivity contribution is 5.82. The van der Waals surface area contributed by atoms with Crippen LogP contribution in [0.4, 0.5) is 4.39 Å². The first kappa shape index (κ1) is 25.7. The van der Waals surface area contributed by atoms with Gasteiger partial charge in [-0.25, -0.2) is 4.39 Å². The second-order valence-corrected chi connectivity index (χ2v) is 9.05. The molecule has 1 aliphatic heterocycles. The third-order valence-electron chi connectivity index (χ3n) is 6.66. The Morgan fingerprint density at radius 2 is 1.78 bits per heavy atom. The standard InChI is InChI=1S/C29H34FN3O3/c1-35-25-13-12-23(28(17-25)36-2)18-32-24-16-27(33(20-24)19-21-8-4-3-5-9-21)29(34)31-15-14-22-10-6-7-11-26(22)30/h3-13,17,24,27,32H,14-16,18-20H2,1-2H3,(H,31,34)/t24-,27-/m0/s1. The predicted octanol–water partition coefficient (Wildman–Crippen LogP) is 3.93. The lowest BCUT2D eigenvalue weighted by Crippen LogP contribution is -2.43. The van der Waals surface area contributed by atoms with Crippen LogP contribution in [0.1, 0.15) is 23.1 Å². The normalized spacial score (nSPS) is 17.6. The molecule has 1 aliphatic rings. The molecule has 0 unspecified atom stereocenters. The van der Waals surface area contributed by atoms with Gasteiger partial charge >= 0.3 is 0 Å². The molecule has 1 heterocycles. The molecule has 2 N–H and O–H groups in total. The van der Waals surface area contributed by atoms with Crippen LogP contribution in [-0.4, -0.2) is 50.2 Å². The number of hydrogen-bond acceptors (Lipinski definition) is 5. The highest BCUT2D eigenvalue weighted by Gasteiger charge is 2.36. The van der Waals surface area contributed by atoms with Gasteiger partial charge in [-0.05, 0) is 36.1 Å². The lowest BCUT2D eigenvalue weighted by molar-refractivity contribution is -0.125. The molecule has 3 aromatic rings. The summed E-state index contributed by atoms with van der Waals surface area (Å²) in [5.74, 6) is 1.26. The third-order valence-corrected chi connectivity index (χ3v) is 6.66. The van der Waals surface area contributed by atoms with Gasteiger partial charge in [-0.1, -0.05) is 54.6 Å². The third kappa shape index (κ3) is 6.62. The quantitative estimate of drug-likeness (QED) is 0.426. The Balaban J connectivity index is 1.39. The van der Waals surface area contributed by atoms with Crippen LogP contribution in [0.25, 0.3) is 0 Å². The molecule has 0 spiro atoms. The van der Waals surface area contributed by atoms with Gasteiger partial charge in [0.2, 0.25) is 5.91 Å². The molecule has 1 saturated heterocycles. The van der Waals surface area contributed by atoms with Crippen LogP contribution in [0.3, 0.4) is 0 Å². The Morgan fingerprint density at radius 1 is 1.00 bits per heavy atom. The second kappa shape index (κ2) is 12.5. The van der Waals surface area contributed by atoms with Crippen molar-refractivity contribution in [3.63, 3.8) is 0 Å². The minimum absolute atomic E-state index is 0.0198. The zero-order valence-electron chi connectivity index (χ0n) is 20.9. The maximum Gasteiger partial charge on any atom is 0.237 e. The fraction of sp³-hybridized carbons (Fsp3) is 0.345. The molecule has 1 amide bonds. The first-order chi connectivity index (χ1) is 17.6. The highest BCUT2D eigenvalue weighted by Crippen LogP contribution is 2.26. The molecule has 3 aromatic carbocycles. The number of hydrogen-bond donors (Lipinski definition) is 2. The van der Waals surface area contributed by atoms with E-state index in [4.69, 9.17) is 9.47 Å². The molecule has 0 bridgehead atoms. The molecule has 1 fully saturated rings. The van der Waals surface area contributed by atoms with E-state index in [1.54, 1.807) is 26.4 Å². The maximum absolute atomic E-state index is 13.9. The van der Waals surface area contributed by atoms with Gasteiger partial charge in [0, 0.05) is 43.9 Å². The van der Waals surface area contributed by atoms with Crippen LogP contribution in [-0.2, 0) is 24.3 Å². The van der Waals surface area contributed by atoms with Crippen LogP contribution < -0.4 is 20.1 Å². The second-order valence-electron chi connectivity index (χ2n) is 9.05. The summed E-state index contributed by atoms with van der Waals surface area (Å²) in [6.07, 6.45) is 1.15. The molecular formula is C29H34FN3O3. The van der Waals surface area contributed by atoms with Crippen molar-refractivity contribution in [3.05, 3.63) is 95.3 Å². The number of carbonyl (C=O) groups is 1. The van der Waals surface area contributed by atoms with Gasteiger partial charge in [0.15, 0.2) is 0 Å². The zero-order valence-corrected chi connectivity index (χ0v) is 20.9. The number of methoxy groups -OCH3 is 2. The zero-order chi connectivity index (χ0) is 25.3. The average Bonchev–Trinajstić information content (AvgIpc) is 3.31. The Hall–Kier alpha value is -3.42. The number of amides is 1. The topological polar surface area (TPSA) is 62.8 Å². The Morgan fingerprint density at radius 3 is 2.53 bits per heavy atom. The average molecular weight is 492 g/mol. The minimum atomic E-state index is -0.263.